The highest BCUT2D eigenvalue weighted by Crippen LogP contribution is 2.34. The van der Waals surface area contributed by atoms with Gasteiger partial charge in [-0.1, -0.05) is 48.5 Å². The molecule has 1 heterocycles. The summed E-state index contributed by atoms with van der Waals surface area (Å²) >= 11 is 0. The first kappa shape index (κ1) is 21.0. The van der Waals surface area contributed by atoms with E-state index in [9.17, 15) is 22.4 Å². The highest BCUT2D eigenvalue weighted by Gasteiger charge is 2.41. The van der Waals surface area contributed by atoms with Gasteiger partial charge in [-0.05, 0) is 35.7 Å². The van der Waals surface area contributed by atoms with Crippen molar-refractivity contribution in [2.24, 2.45) is 0 Å². The van der Waals surface area contributed by atoms with Crippen molar-refractivity contribution in [3.05, 3.63) is 90.0 Å². The van der Waals surface area contributed by atoms with Crippen molar-refractivity contribution in [3.8, 4) is 5.75 Å². The molecule has 0 radical (unpaired) electrons. The first-order valence-corrected chi connectivity index (χ1v) is 10.2. The molecule has 3 nitrogen and oxygen atoms in total. The first-order valence-electron chi connectivity index (χ1n) is 10.2. The lowest BCUT2D eigenvalue weighted by atomic mass is 9.95. The monoisotopic (exact) mass is 451 g/mol. The molecule has 4 aromatic carbocycles. The Morgan fingerprint density at radius 2 is 1.64 bits per heavy atom. The minimum absolute atomic E-state index is 0.0252. The van der Waals surface area contributed by atoms with Crippen molar-refractivity contribution in [2.75, 3.05) is 6.61 Å². The molecule has 33 heavy (non-hydrogen) atoms. The van der Waals surface area contributed by atoms with Crippen LogP contribution in [0.25, 0.3) is 32.6 Å². The van der Waals surface area contributed by atoms with Crippen LogP contribution in [0.2, 0.25) is 0 Å². The van der Waals surface area contributed by atoms with Gasteiger partial charge in [0, 0.05) is 32.8 Å². The maximum absolute atomic E-state index is 13.4. The number of aromatic nitrogens is 1. The molecule has 0 atom stereocenters. The number of hydrogen-bond acceptors (Lipinski definition) is 2. The van der Waals surface area contributed by atoms with Gasteiger partial charge < -0.3 is 9.72 Å². The van der Waals surface area contributed by atoms with Crippen LogP contribution in [0, 0.1) is 0 Å². The van der Waals surface area contributed by atoms with Crippen LogP contribution in [0.1, 0.15) is 15.9 Å². The van der Waals surface area contributed by atoms with Gasteiger partial charge in [0.1, 0.15) is 5.75 Å². The number of halogens is 4. The largest absolute Gasteiger partial charge is 0.487 e. The van der Waals surface area contributed by atoms with Gasteiger partial charge in [0.05, 0.1) is 5.52 Å². The average Bonchev–Trinajstić information content (AvgIpc) is 3.21. The zero-order valence-electron chi connectivity index (χ0n) is 17.1. The van der Waals surface area contributed by atoms with Crippen LogP contribution in [0.4, 0.5) is 17.6 Å². The SMILES string of the molecule is O=C(c1ccc(OCC(F)(F)C(F)F)cc1)c1cccc2ccc3c4ccccc4[nH]c3c12. The second kappa shape index (κ2) is 7.92. The summed E-state index contributed by atoms with van der Waals surface area (Å²) in [5.41, 5.74) is 2.63. The van der Waals surface area contributed by atoms with Crippen molar-refractivity contribution >= 4 is 38.4 Å². The number of para-hydroxylation sites is 1. The molecule has 0 fully saturated rings. The van der Waals surface area contributed by atoms with E-state index in [0.717, 1.165) is 32.6 Å². The van der Waals surface area contributed by atoms with E-state index in [1.165, 1.54) is 24.3 Å². The van der Waals surface area contributed by atoms with E-state index in [0.29, 0.717) is 11.1 Å². The van der Waals surface area contributed by atoms with Crippen LogP contribution in [-0.2, 0) is 0 Å². The lowest BCUT2D eigenvalue weighted by Crippen LogP contribution is -2.33. The Balaban J connectivity index is 1.52. The molecule has 0 aliphatic heterocycles. The highest BCUT2D eigenvalue weighted by atomic mass is 19.3. The van der Waals surface area contributed by atoms with Gasteiger partial charge in [-0.25, -0.2) is 8.78 Å². The maximum atomic E-state index is 13.4. The smallest absolute Gasteiger partial charge is 0.340 e. The number of rotatable bonds is 6. The van der Waals surface area contributed by atoms with Gasteiger partial charge in [-0.15, -0.1) is 0 Å². The third kappa shape index (κ3) is 3.69. The molecule has 5 aromatic rings. The third-order valence-electron chi connectivity index (χ3n) is 5.63. The molecule has 0 saturated carbocycles. The standard InChI is InChI=1S/C26H17F4NO2/c27-25(28)26(29,30)14-33-17-11-8-16(9-12-17)24(32)20-6-3-4-15-10-13-19-18-5-1-2-7-21(18)31-23(19)22(15)20/h1-13,25,31H,14H2. The number of ether oxygens (including phenoxy) is 1. The normalized spacial score (nSPS) is 12.2. The van der Waals surface area contributed by atoms with Crippen LogP contribution in [0.15, 0.2) is 78.9 Å². The molecule has 5 rings (SSSR count). The molecule has 7 heteroatoms. The number of benzene rings is 4. The van der Waals surface area contributed by atoms with Crippen LogP contribution in [-0.4, -0.2) is 29.7 Å². The lowest BCUT2D eigenvalue weighted by Gasteiger charge is -2.16. The van der Waals surface area contributed by atoms with E-state index in [1.807, 2.05) is 42.5 Å². The summed E-state index contributed by atoms with van der Waals surface area (Å²) in [5.74, 6) is -4.53. The van der Waals surface area contributed by atoms with Crippen LogP contribution >= 0.6 is 0 Å². The Hall–Kier alpha value is -3.87. The Morgan fingerprint density at radius 1 is 0.879 bits per heavy atom. The Bertz CT molecular complexity index is 1490. The van der Waals surface area contributed by atoms with Crippen LogP contribution in [0.5, 0.6) is 5.75 Å². The first-order chi connectivity index (χ1) is 15.8. The molecular weight excluding hydrogens is 434 g/mol. The zero-order valence-corrected chi connectivity index (χ0v) is 17.1. The molecule has 0 aliphatic rings. The zero-order chi connectivity index (χ0) is 23.2. The molecule has 0 bridgehead atoms. The topological polar surface area (TPSA) is 42.1 Å². The average molecular weight is 451 g/mol. The number of carbonyl (C=O) groups is 1. The fraction of sp³-hybridized carbons (Fsp3) is 0.115. The summed E-state index contributed by atoms with van der Waals surface area (Å²) in [6.07, 6.45) is -3.81. The number of nitrogens with one attached hydrogen (secondary N) is 1. The Kier molecular flexibility index (Phi) is 5.04. The van der Waals surface area contributed by atoms with Crippen molar-refractivity contribution in [1.82, 2.24) is 4.98 Å². The molecular formula is C26H17F4NO2. The number of ketones is 1. The summed E-state index contributed by atoms with van der Waals surface area (Å²) in [4.78, 5) is 16.8. The van der Waals surface area contributed by atoms with Gasteiger partial charge in [0.25, 0.3) is 0 Å². The number of aromatic amines is 1. The highest BCUT2D eigenvalue weighted by molar-refractivity contribution is 6.25. The molecule has 0 amide bonds. The second-order valence-electron chi connectivity index (χ2n) is 7.77. The van der Waals surface area contributed by atoms with Gasteiger partial charge in [0.2, 0.25) is 0 Å². The Morgan fingerprint density at radius 3 is 2.39 bits per heavy atom. The number of carbonyl (C=O) groups excluding carboxylic acids is 1. The van der Waals surface area contributed by atoms with E-state index >= 15 is 0 Å². The number of fused-ring (bicyclic) bond motifs is 5. The summed E-state index contributed by atoms with van der Waals surface area (Å²) in [6, 6.07) is 22.8. The number of H-pyrrole nitrogens is 1. The lowest BCUT2D eigenvalue weighted by molar-refractivity contribution is -0.148. The van der Waals surface area contributed by atoms with E-state index in [2.05, 4.69) is 4.98 Å². The third-order valence-corrected chi connectivity index (χ3v) is 5.63. The maximum Gasteiger partial charge on any atom is 0.340 e. The predicted octanol–water partition coefficient (Wildman–Crippen LogP) is 6.98. The predicted molar refractivity (Wildman–Crippen MR) is 120 cm³/mol. The summed E-state index contributed by atoms with van der Waals surface area (Å²) in [6.45, 7) is -1.44. The quantitative estimate of drug-likeness (QED) is 0.223. The minimum atomic E-state index is -4.25. The van der Waals surface area contributed by atoms with E-state index in [1.54, 1.807) is 12.1 Å². The second-order valence-corrected chi connectivity index (χ2v) is 7.77. The van der Waals surface area contributed by atoms with Gasteiger partial charge in [0.15, 0.2) is 12.4 Å². The van der Waals surface area contributed by atoms with Gasteiger partial charge in [-0.3, -0.25) is 4.79 Å². The van der Waals surface area contributed by atoms with Crippen molar-refractivity contribution in [2.45, 2.75) is 12.3 Å². The van der Waals surface area contributed by atoms with Crippen molar-refractivity contribution in [3.63, 3.8) is 0 Å². The fourth-order valence-corrected chi connectivity index (χ4v) is 3.98. The molecule has 0 unspecified atom stereocenters. The van der Waals surface area contributed by atoms with E-state index in [-0.39, 0.29) is 11.5 Å². The van der Waals surface area contributed by atoms with E-state index in [4.69, 9.17) is 4.74 Å². The number of alkyl halides is 4. The molecule has 1 aromatic heterocycles. The molecule has 0 saturated heterocycles. The minimum Gasteiger partial charge on any atom is -0.487 e. The van der Waals surface area contributed by atoms with Crippen LogP contribution in [0.3, 0.4) is 0 Å². The molecule has 0 aliphatic carbocycles. The molecule has 0 spiro atoms. The van der Waals surface area contributed by atoms with E-state index < -0.39 is 19.0 Å². The molecule has 166 valence electrons. The summed E-state index contributed by atoms with van der Waals surface area (Å²) in [5, 5.41) is 3.74. The van der Waals surface area contributed by atoms with Gasteiger partial charge in [-0.2, -0.15) is 8.78 Å². The fourth-order valence-electron chi connectivity index (χ4n) is 3.98. The van der Waals surface area contributed by atoms with Crippen molar-refractivity contribution in [1.29, 1.82) is 0 Å². The summed E-state index contributed by atoms with van der Waals surface area (Å²) in [7, 11) is 0. The van der Waals surface area contributed by atoms with Crippen molar-refractivity contribution < 1.29 is 27.1 Å². The van der Waals surface area contributed by atoms with Gasteiger partial charge >= 0.3 is 12.3 Å². The van der Waals surface area contributed by atoms with Crippen LogP contribution < -0.4 is 4.74 Å². The number of hydrogen-bond donors (Lipinski definition) is 1. The summed E-state index contributed by atoms with van der Waals surface area (Å²) < 4.78 is 55.6. The molecule has 1 N–H and O–H groups in total. The Labute approximate surface area is 185 Å².